The number of pyridine rings is 1. The van der Waals surface area contributed by atoms with Crippen LogP contribution >= 0.6 is 0 Å². The van der Waals surface area contributed by atoms with Crippen molar-refractivity contribution in [1.82, 2.24) is 4.98 Å². The van der Waals surface area contributed by atoms with Crippen LogP contribution in [0.25, 0.3) is 0 Å². The molecule has 0 amide bonds. The van der Waals surface area contributed by atoms with Crippen molar-refractivity contribution in [3.05, 3.63) is 36.0 Å². The molecule has 1 aromatic heterocycles. The van der Waals surface area contributed by atoms with Gasteiger partial charge in [-0.3, -0.25) is 0 Å². The van der Waals surface area contributed by atoms with Crippen LogP contribution in [-0.4, -0.2) is 4.98 Å². The molecule has 0 aliphatic heterocycles. The summed E-state index contributed by atoms with van der Waals surface area (Å²) in [6.45, 7) is 6.41. The summed E-state index contributed by atoms with van der Waals surface area (Å²) in [7, 11) is 0. The van der Waals surface area contributed by atoms with Gasteiger partial charge in [0.25, 0.3) is 0 Å². The summed E-state index contributed by atoms with van der Waals surface area (Å²) in [5.41, 5.74) is 6.97. The molecule has 2 nitrogen and oxygen atoms in total. The van der Waals surface area contributed by atoms with Gasteiger partial charge in [0, 0.05) is 17.7 Å². The minimum absolute atomic E-state index is 0.369. The van der Waals surface area contributed by atoms with E-state index in [0.717, 1.165) is 5.56 Å². The SMILES string of the molecule is C/C=C/C(c1cccnc1N)C(C)C. The second-order valence-corrected chi connectivity index (χ2v) is 3.77. The molecule has 0 aliphatic carbocycles. The van der Waals surface area contributed by atoms with Crippen molar-refractivity contribution in [1.29, 1.82) is 0 Å². The molecular weight excluding hydrogens is 172 g/mol. The van der Waals surface area contributed by atoms with Crippen molar-refractivity contribution in [2.45, 2.75) is 26.7 Å². The third-order valence-corrected chi connectivity index (χ3v) is 2.35. The minimum atomic E-state index is 0.369. The fourth-order valence-corrected chi connectivity index (χ4v) is 1.60. The smallest absolute Gasteiger partial charge is 0.127 e. The minimum Gasteiger partial charge on any atom is -0.383 e. The molecule has 0 bridgehead atoms. The van der Waals surface area contributed by atoms with Crippen molar-refractivity contribution in [2.24, 2.45) is 5.92 Å². The van der Waals surface area contributed by atoms with E-state index in [1.165, 1.54) is 0 Å². The van der Waals surface area contributed by atoms with E-state index in [1.54, 1.807) is 6.20 Å². The van der Waals surface area contributed by atoms with Crippen LogP contribution < -0.4 is 5.73 Å². The Kier molecular flexibility index (Phi) is 3.69. The zero-order valence-corrected chi connectivity index (χ0v) is 9.07. The predicted octanol–water partition coefficient (Wildman–Crippen LogP) is 2.98. The van der Waals surface area contributed by atoms with Gasteiger partial charge in [0.2, 0.25) is 0 Å². The van der Waals surface area contributed by atoms with Gasteiger partial charge < -0.3 is 5.73 Å². The highest BCUT2D eigenvalue weighted by atomic mass is 14.8. The summed E-state index contributed by atoms with van der Waals surface area (Å²) in [5.74, 6) is 1.55. The van der Waals surface area contributed by atoms with Crippen LogP contribution in [0.4, 0.5) is 5.82 Å². The Balaban J connectivity index is 3.05. The maximum atomic E-state index is 5.84. The van der Waals surface area contributed by atoms with Gasteiger partial charge in [-0.2, -0.15) is 0 Å². The van der Waals surface area contributed by atoms with E-state index >= 15 is 0 Å². The number of aromatic nitrogens is 1. The number of nitrogens with two attached hydrogens (primary N) is 1. The molecule has 0 saturated heterocycles. The van der Waals surface area contributed by atoms with Gasteiger partial charge in [-0.15, -0.1) is 0 Å². The predicted molar refractivity (Wildman–Crippen MR) is 61.0 cm³/mol. The number of hydrogen-bond donors (Lipinski definition) is 1. The van der Waals surface area contributed by atoms with Crippen LogP contribution in [0.5, 0.6) is 0 Å². The molecule has 0 spiro atoms. The fraction of sp³-hybridized carbons (Fsp3) is 0.417. The molecule has 2 heteroatoms. The number of nitrogen functional groups attached to an aromatic ring is 1. The van der Waals surface area contributed by atoms with Gasteiger partial charge in [-0.1, -0.05) is 32.1 Å². The zero-order chi connectivity index (χ0) is 10.6. The van der Waals surface area contributed by atoms with Crippen molar-refractivity contribution < 1.29 is 0 Å². The Morgan fingerprint density at radius 3 is 2.64 bits per heavy atom. The Morgan fingerprint density at radius 1 is 1.43 bits per heavy atom. The molecule has 1 heterocycles. The molecule has 0 saturated carbocycles. The first-order valence-electron chi connectivity index (χ1n) is 5.00. The second-order valence-electron chi connectivity index (χ2n) is 3.77. The molecule has 0 aliphatic rings. The monoisotopic (exact) mass is 190 g/mol. The van der Waals surface area contributed by atoms with Crippen LogP contribution in [-0.2, 0) is 0 Å². The lowest BCUT2D eigenvalue weighted by Crippen LogP contribution is -2.07. The van der Waals surface area contributed by atoms with E-state index in [9.17, 15) is 0 Å². The van der Waals surface area contributed by atoms with Crippen LogP contribution in [0.2, 0.25) is 0 Å². The van der Waals surface area contributed by atoms with Crippen molar-refractivity contribution >= 4 is 5.82 Å². The largest absolute Gasteiger partial charge is 0.383 e. The topological polar surface area (TPSA) is 38.9 Å². The van der Waals surface area contributed by atoms with Gasteiger partial charge in [0.1, 0.15) is 5.82 Å². The Bertz CT molecular complexity index is 316. The van der Waals surface area contributed by atoms with E-state index in [1.807, 2.05) is 19.1 Å². The van der Waals surface area contributed by atoms with Crippen LogP contribution in [0.3, 0.4) is 0 Å². The number of anilines is 1. The first kappa shape index (κ1) is 10.8. The number of hydrogen-bond acceptors (Lipinski definition) is 2. The van der Waals surface area contributed by atoms with Crippen molar-refractivity contribution in [3.63, 3.8) is 0 Å². The van der Waals surface area contributed by atoms with Gasteiger partial charge in [-0.05, 0) is 18.9 Å². The molecular formula is C12H18N2. The summed E-state index contributed by atoms with van der Waals surface area (Å²) in [5, 5.41) is 0. The summed E-state index contributed by atoms with van der Waals surface area (Å²) in [4.78, 5) is 4.11. The summed E-state index contributed by atoms with van der Waals surface area (Å²) in [6.07, 6.45) is 5.97. The Labute approximate surface area is 85.9 Å². The summed E-state index contributed by atoms with van der Waals surface area (Å²) < 4.78 is 0. The molecule has 1 unspecified atom stereocenters. The highest BCUT2D eigenvalue weighted by Crippen LogP contribution is 2.28. The highest BCUT2D eigenvalue weighted by Gasteiger charge is 2.14. The molecule has 2 N–H and O–H groups in total. The number of allylic oxidation sites excluding steroid dienone is 2. The van der Waals surface area contributed by atoms with Crippen LogP contribution in [0.15, 0.2) is 30.5 Å². The maximum Gasteiger partial charge on any atom is 0.127 e. The molecule has 1 atom stereocenters. The third kappa shape index (κ3) is 2.34. The van der Waals surface area contributed by atoms with Crippen LogP contribution in [0.1, 0.15) is 32.3 Å². The molecule has 14 heavy (non-hydrogen) atoms. The molecule has 0 aromatic carbocycles. The molecule has 0 radical (unpaired) electrons. The molecule has 1 aromatic rings. The molecule has 0 fully saturated rings. The first-order valence-corrected chi connectivity index (χ1v) is 5.00. The number of rotatable bonds is 3. The van der Waals surface area contributed by atoms with Gasteiger partial charge >= 0.3 is 0 Å². The second kappa shape index (κ2) is 4.80. The zero-order valence-electron chi connectivity index (χ0n) is 9.07. The average molecular weight is 190 g/mol. The molecule has 1 rings (SSSR count). The standard InChI is InChI=1S/C12H18N2/c1-4-6-10(9(2)3)11-7-5-8-14-12(11)13/h4-10H,1-3H3,(H2,13,14)/b6-4+. The van der Waals surface area contributed by atoms with Gasteiger partial charge in [0.15, 0.2) is 0 Å². The van der Waals surface area contributed by atoms with Gasteiger partial charge in [-0.25, -0.2) is 4.98 Å². The highest BCUT2D eigenvalue weighted by molar-refractivity contribution is 5.43. The van der Waals surface area contributed by atoms with Gasteiger partial charge in [0.05, 0.1) is 0 Å². The molecule has 76 valence electrons. The lowest BCUT2D eigenvalue weighted by Gasteiger charge is -2.18. The van der Waals surface area contributed by atoms with E-state index in [-0.39, 0.29) is 0 Å². The van der Waals surface area contributed by atoms with Crippen molar-refractivity contribution in [2.75, 3.05) is 5.73 Å². The lowest BCUT2D eigenvalue weighted by molar-refractivity contribution is 0.578. The average Bonchev–Trinajstić information content (AvgIpc) is 2.15. The Morgan fingerprint density at radius 2 is 2.14 bits per heavy atom. The normalized spacial score (nSPS) is 13.7. The maximum absolute atomic E-state index is 5.84. The fourth-order valence-electron chi connectivity index (χ4n) is 1.60. The lowest BCUT2D eigenvalue weighted by atomic mass is 9.88. The summed E-state index contributed by atoms with van der Waals surface area (Å²) >= 11 is 0. The van der Waals surface area contributed by atoms with Crippen molar-refractivity contribution in [3.8, 4) is 0 Å². The van der Waals surface area contributed by atoms with E-state index < -0.39 is 0 Å². The van der Waals surface area contributed by atoms with E-state index in [0.29, 0.717) is 17.7 Å². The number of nitrogens with zero attached hydrogens (tertiary/aromatic N) is 1. The third-order valence-electron chi connectivity index (χ3n) is 2.35. The quantitative estimate of drug-likeness (QED) is 0.744. The van der Waals surface area contributed by atoms with E-state index in [4.69, 9.17) is 5.73 Å². The summed E-state index contributed by atoms with van der Waals surface area (Å²) in [6, 6.07) is 3.98. The first-order chi connectivity index (χ1) is 6.66. The van der Waals surface area contributed by atoms with Crippen LogP contribution in [0, 0.1) is 5.92 Å². The Hall–Kier alpha value is -1.31. The van der Waals surface area contributed by atoms with E-state index in [2.05, 4.69) is 31.0 Å².